The van der Waals surface area contributed by atoms with Gasteiger partial charge in [0, 0.05) is 31.8 Å². The lowest BCUT2D eigenvalue weighted by molar-refractivity contribution is -0.166. The van der Waals surface area contributed by atoms with Crippen molar-refractivity contribution < 1.29 is 29.3 Å². The number of likely N-dealkylation sites (tertiary alicyclic amines) is 1. The van der Waals surface area contributed by atoms with E-state index in [1.165, 1.54) is 4.90 Å². The zero-order chi connectivity index (χ0) is 23.8. The van der Waals surface area contributed by atoms with Crippen LogP contribution in [-0.4, -0.2) is 63.9 Å². The van der Waals surface area contributed by atoms with Gasteiger partial charge in [0.25, 0.3) is 0 Å². The van der Waals surface area contributed by atoms with Crippen molar-refractivity contribution in [2.24, 2.45) is 0 Å². The number of alkyl carbamates (subject to hydrolysis) is 1. The highest BCUT2D eigenvalue weighted by molar-refractivity contribution is 5.89. The average molecular weight is 453 g/mol. The summed E-state index contributed by atoms with van der Waals surface area (Å²) in [5.74, 6) is -1.73. The van der Waals surface area contributed by atoms with Crippen LogP contribution in [-0.2, 0) is 14.3 Å². The van der Waals surface area contributed by atoms with Gasteiger partial charge in [-0.25, -0.2) is 9.59 Å². The summed E-state index contributed by atoms with van der Waals surface area (Å²) < 4.78 is 5.54. The molecule has 0 aromatic heterocycles. The zero-order valence-corrected chi connectivity index (χ0v) is 18.7. The Hall–Kier alpha value is -3.39. The number of carbonyl (C=O) groups excluding carboxylic acids is 2. The summed E-state index contributed by atoms with van der Waals surface area (Å²) in [5.41, 5.74) is 1.39. The Bertz CT molecular complexity index is 1040. The van der Waals surface area contributed by atoms with Crippen molar-refractivity contribution in [3.05, 3.63) is 59.7 Å². The molecule has 3 N–H and O–H groups in total. The Balaban J connectivity index is 1.37. The van der Waals surface area contributed by atoms with E-state index in [9.17, 15) is 19.5 Å². The first kappa shape index (κ1) is 22.8. The van der Waals surface area contributed by atoms with Crippen LogP contribution in [0.3, 0.4) is 0 Å². The second kappa shape index (κ2) is 8.51. The molecule has 1 saturated heterocycles. The third-order valence-electron chi connectivity index (χ3n) is 6.57. The van der Waals surface area contributed by atoms with Gasteiger partial charge in [0.15, 0.2) is 5.60 Å². The topological polar surface area (TPSA) is 116 Å². The lowest BCUT2D eigenvalue weighted by Crippen LogP contribution is -2.59. The minimum Gasteiger partial charge on any atom is -0.479 e. The summed E-state index contributed by atoms with van der Waals surface area (Å²) in [6, 6.07) is 16.1. The molecule has 2 aromatic carbocycles. The number of aliphatic hydroxyl groups is 1. The van der Waals surface area contributed by atoms with Gasteiger partial charge in [-0.3, -0.25) is 4.79 Å². The van der Waals surface area contributed by atoms with E-state index in [4.69, 9.17) is 9.84 Å². The van der Waals surface area contributed by atoms with Gasteiger partial charge in [-0.15, -0.1) is 0 Å². The van der Waals surface area contributed by atoms with Gasteiger partial charge in [0.1, 0.15) is 12.1 Å². The Kier molecular flexibility index (Phi) is 5.88. The van der Waals surface area contributed by atoms with Crippen LogP contribution in [0.15, 0.2) is 48.5 Å². The van der Waals surface area contributed by atoms with E-state index in [0.29, 0.717) is 0 Å². The number of amides is 2. The molecule has 2 amide bonds. The van der Waals surface area contributed by atoms with Crippen LogP contribution in [0, 0.1) is 0 Å². The number of piperidine rings is 1. The number of carboxylic acids is 1. The van der Waals surface area contributed by atoms with E-state index in [1.807, 2.05) is 36.4 Å². The van der Waals surface area contributed by atoms with E-state index in [0.717, 1.165) is 22.3 Å². The fraction of sp³-hybridized carbons (Fsp3) is 0.400. The monoisotopic (exact) mass is 452 g/mol. The summed E-state index contributed by atoms with van der Waals surface area (Å²) in [7, 11) is 0. The van der Waals surface area contributed by atoms with Crippen LogP contribution in [0.1, 0.15) is 43.7 Å². The number of carboxylic acid groups (broad SMARTS) is 1. The molecule has 0 unspecified atom stereocenters. The lowest BCUT2D eigenvalue weighted by atomic mass is 9.90. The first-order valence-corrected chi connectivity index (χ1v) is 11.0. The number of hydrogen-bond donors (Lipinski definition) is 3. The SMILES string of the molecule is CC(C)(NC(=O)OCC1c2ccccc2-c2ccccc21)C(=O)N1CCC(O)(C(=O)O)CC1. The first-order valence-electron chi connectivity index (χ1n) is 11.0. The van der Waals surface area contributed by atoms with E-state index in [2.05, 4.69) is 17.4 Å². The van der Waals surface area contributed by atoms with Crippen molar-refractivity contribution in [2.75, 3.05) is 19.7 Å². The lowest BCUT2D eigenvalue weighted by Gasteiger charge is -2.39. The number of benzene rings is 2. The summed E-state index contributed by atoms with van der Waals surface area (Å²) >= 11 is 0. The Morgan fingerprint density at radius 1 is 1.03 bits per heavy atom. The van der Waals surface area contributed by atoms with E-state index in [1.54, 1.807) is 13.8 Å². The highest BCUT2D eigenvalue weighted by Gasteiger charge is 2.43. The van der Waals surface area contributed by atoms with Crippen molar-refractivity contribution >= 4 is 18.0 Å². The third kappa shape index (κ3) is 4.30. The molecule has 4 rings (SSSR count). The molecule has 174 valence electrons. The van der Waals surface area contributed by atoms with Gasteiger partial charge in [-0.2, -0.15) is 0 Å². The van der Waals surface area contributed by atoms with Crippen molar-refractivity contribution in [3.63, 3.8) is 0 Å². The van der Waals surface area contributed by atoms with Crippen molar-refractivity contribution in [2.45, 2.75) is 43.7 Å². The fourth-order valence-electron chi connectivity index (χ4n) is 4.63. The van der Waals surface area contributed by atoms with Gasteiger partial charge in [0.2, 0.25) is 5.91 Å². The van der Waals surface area contributed by atoms with Gasteiger partial charge in [-0.1, -0.05) is 48.5 Å². The van der Waals surface area contributed by atoms with Crippen molar-refractivity contribution in [1.29, 1.82) is 0 Å². The zero-order valence-electron chi connectivity index (χ0n) is 18.7. The summed E-state index contributed by atoms with van der Waals surface area (Å²) in [4.78, 5) is 38.2. The number of carbonyl (C=O) groups is 3. The minimum absolute atomic E-state index is 0.0604. The molecule has 0 atom stereocenters. The quantitative estimate of drug-likeness (QED) is 0.642. The molecule has 1 fully saturated rings. The average Bonchev–Trinajstić information content (AvgIpc) is 3.11. The standard InChI is InChI=1S/C25H28N2O6/c1-24(2,21(28)27-13-11-25(32,12-14-27)22(29)30)26-23(31)33-15-20-18-9-5-3-7-16(18)17-8-4-6-10-19(17)20/h3-10,20,32H,11-15H2,1-2H3,(H,26,31)(H,29,30). The number of fused-ring (bicyclic) bond motifs is 3. The largest absolute Gasteiger partial charge is 0.479 e. The van der Waals surface area contributed by atoms with Crippen molar-refractivity contribution in [3.8, 4) is 11.1 Å². The molecule has 0 bridgehead atoms. The highest BCUT2D eigenvalue weighted by atomic mass is 16.5. The molecule has 0 spiro atoms. The second-order valence-electron chi connectivity index (χ2n) is 9.20. The van der Waals surface area contributed by atoms with Gasteiger partial charge >= 0.3 is 12.1 Å². The van der Waals surface area contributed by atoms with Crippen LogP contribution in [0.2, 0.25) is 0 Å². The minimum atomic E-state index is -1.82. The molecular formula is C25H28N2O6. The van der Waals surface area contributed by atoms with E-state index in [-0.39, 0.29) is 44.4 Å². The predicted molar refractivity (Wildman–Crippen MR) is 121 cm³/mol. The number of nitrogens with zero attached hydrogens (tertiary/aromatic N) is 1. The molecule has 2 aliphatic rings. The second-order valence-corrected chi connectivity index (χ2v) is 9.20. The number of nitrogens with one attached hydrogen (secondary N) is 1. The summed E-state index contributed by atoms with van der Waals surface area (Å²) in [6.07, 6.45) is -0.821. The molecule has 1 aliphatic carbocycles. The van der Waals surface area contributed by atoms with Crippen LogP contribution >= 0.6 is 0 Å². The number of hydrogen-bond acceptors (Lipinski definition) is 5. The molecule has 8 nitrogen and oxygen atoms in total. The molecule has 1 aliphatic heterocycles. The molecule has 2 aromatic rings. The maximum atomic E-state index is 13.0. The van der Waals surface area contributed by atoms with Crippen LogP contribution in [0.25, 0.3) is 11.1 Å². The fourth-order valence-corrected chi connectivity index (χ4v) is 4.63. The molecule has 0 radical (unpaired) electrons. The normalized spacial score (nSPS) is 17.1. The van der Waals surface area contributed by atoms with Crippen molar-refractivity contribution in [1.82, 2.24) is 10.2 Å². The van der Waals surface area contributed by atoms with Crippen LogP contribution in [0.4, 0.5) is 4.79 Å². The van der Waals surface area contributed by atoms with Gasteiger partial charge < -0.3 is 25.2 Å². The number of rotatable bonds is 5. The highest BCUT2D eigenvalue weighted by Crippen LogP contribution is 2.44. The Labute approximate surface area is 192 Å². The number of ether oxygens (including phenoxy) is 1. The Morgan fingerprint density at radius 3 is 2.06 bits per heavy atom. The molecule has 33 heavy (non-hydrogen) atoms. The first-order chi connectivity index (χ1) is 15.6. The van der Waals surface area contributed by atoms with Gasteiger partial charge in [0.05, 0.1) is 0 Å². The smallest absolute Gasteiger partial charge is 0.408 e. The number of aliphatic carboxylic acids is 1. The third-order valence-corrected chi connectivity index (χ3v) is 6.57. The van der Waals surface area contributed by atoms with Crippen LogP contribution in [0.5, 0.6) is 0 Å². The predicted octanol–water partition coefficient (Wildman–Crippen LogP) is 2.74. The summed E-state index contributed by atoms with van der Waals surface area (Å²) in [6.45, 7) is 3.48. The molecular weight excluding hydrogens is 424 g/mol. The van der Waals surface area contributed by atoms with Crippen LogP contribution < -0.4 is 5.32 Å². The molecule has 1 heterocycles. The van der Waals surface area contributed by atoms with E-state index < -0.39 is 23.2 Å². The van der Waals surface area contributed by atoms with E-state index >= 15 is 0 Å². The maximum absolute atomic E-state index is 13.0. The maximum Gasteiger partial charge on any atom is 0.408 e. The molecule has 0 saturated carbocycles. The summed E-state index contributed by atoms with van der Waals surface area (Å²) in [5, 5.41) is 21.9. The Morgan fingerprint density at radius 2 is 1.55 bits per heavy atom. The molecule has 8 heteroatoms. The van der Waals surface area contributed by atoms with Gasteiger partial charge in [-0.05, 0) is 36.1 Å².